The van der Waals surface area contributed by atoms with E-state index in [0.717, 1.165) is 88.9 Å². The molecule has 1 aliphatic rings. The summed E-state index contributed by atoms with van der Waals surface area (Å²) in [5, 5.41) is 16.2. The Labute approximate surface area is 263 Å². The number of hydrogen-bond donors (Lipinski definition) is 3. The summed E-state index contributed by atoms with van der Waals surface area (Å²) in [5.41, 5.74) is 5.05. The lowest BCUT2D eigenvalue weighted by Crippen LogP contribution is -2.38. The molecule has 0 bridgehead atoms. The van der Waals surface area contributed by atoms with Gasteiger partial charge in [0.2, 0.25) is 0 Å². The maximum Gasteiger partial charge on any atom is 0.352 e. The number of carbonyl (C=O) groups is 2. The highest BCUT2D eigenvalue weighted by molar-refractivity contribution is 6.04. The van der Waals surface area contributed by atoms with E-state index < -0.39 is 5.97 Å². The zero-order valence-corrected chi connectivity index (χ0v) is 25.6. The van der Waals surface area contributed by atoms with E-state index in [4.69, 9.17) is 9.47 Å². The molecule has 1 fully saturated rings. The Bertz CT molecular complexity index is 1820. The molecule has 1 aliphatic heterocycles. The number of ether oxygens (including phenoxy) is 2. The van der Waals surface area contributed by atoms with Gasteiger partial charge in [-0.3, -0.25) is 9.69 Å². The first-order valence-corrected chi connectivity index (χ1v) is 15.7. The van der Waals surface area contributed by atoms with Gasteiger partial charge in [-0.2, -0.15) is 0 Å². The molecule has 1 saturated heterocycles. The third kappa shape index (κ3) is 6.87. The second-order valence-corrected chi connectivity index (χ2v) is 11.5. The van der Waals surface area contributed by atoms with E-state index in [1.807, 2.05) is 73.7 Å². The molecule has 3 N–H and O–H groups in total. The third-order valence-electron chi connectivity index (χ3n) is 8.56. The van der Waals surface area contributed by atoms with Crippen molar-refractivity contribution in [1.29, 1.82) is 0 Å². The lowest BCUT2D eigenvalue weighted by Gasteiger charge is -2.26. The number of carbonyl (C=O) groups excluding carboxylic acids is 1. The molecule has 0 aliphatic carbocycles. The average molecular weight is 606 g/mol. The van der Waals surface area contributed by atoms with Gasteiger partial charge in [0.1, 0.15) is 11.4 Å². The van der Waals surface area contributed by atoms with Gasteiger partial charge in [0.25, 0.3) is 5.91 Å². The lowest BCUT2D eigenvalue weighted by molar-refractivity contribution is 0.0374. The van der Waals surface area contributed by atoms with Gasteiger partial charge >= 0.3 is 5.97 Å². The van der Waals surface area contributed by atoms with Crippen molar-refractivity contribution in [2.24, 2.45) is 0 Å². The van der Waals surface area contributed by atoms with Crippen molar-refractivity contribution in [2.45, 2.75) is 26.2 Å². The molecule has 2 heterocycles. The van der Waals surface area contributed by atoms with Crippen LogP contribution in [0, 0.1) is 6.92 Å². The summed E-state index contributed by atoms with van der Waals surface area (Å²) >= 11 is 0. The number of hydrogen-bond acceptors (Lipinski definition) is 5. The number of aryl methyl sites for hydroxylation is 2. The average Bonchev–Trinajstić information content (AvgIpc) is 3.45. The predicted octanol–water partition coefficient (Wildman–Crippen LogP) is 6.46. The van der Waals surface area contributed by atoms with Crippen LogP contribution >= 0.6 is 0 Å². The topological polar surface area (TPSA) is 104 Å². The molecule has 45 heavy (non-hydrogen) atoms. The molecule has 5 aromatic rings. The molecule has 232 valence electrons. The van der Waals surface area contributed by atoms with Crippen LogP contribution in [0.5, 0.6) is 5.75 Å². The van der Waals surface area contributed by atoms with Crippen molar-refractivity contribution >= 4 is 33.6 Å². The maximum absolute atomic E-state index is 13.1. The maximum atomic E-state index is 13.1. The van der Waals surface area contributed by atoms with Crippen LogP contribution in [0.3, 0.4) is 0 Å². The third-order valence-corrected chi connectivity index (χ3v) is 8.56. The number of benzene rings is 4. The van der Waals surface area contributed by atoms with E-state index in [-0.39, 0.29) is 11.6 Å². The highest BCUT2D eigenvalue weighted by atomic mass is 16.5. The number of aromatic carboxylic acids is 1. The number of amides is 1. The Kier molecular flexibility index (Phi) is 9.43. The van der Waals surface area contributed by atoms with Gasteiger partial charge in [0.05, 0.1) is 25.3 Å². The number of carboxylic acid groups (broad SMARTS) is 1. The Hall–Kier alpha value is -4.66. The number of morpholine rings is 1. The molecule has 0 saturated carbocycles. The number of nitrogens with one attached hydrogen (secondary N) is 2. The van der Waals surface area contributed by atoms with Crippen molar-refractivity contribution in [2.75, 3.05) is 46.0 Å². The summed E-state index contributed by atoms with van der Waals surface area (Å²) in [7, 11) is 0. The SMILES string of the molecule is Cc1ccc(C(=O)NCCCN2CCOCC2)cc1-c1cccc2c(CCCOc3cccc4ccccc34)c(C(=O)O)[nH]c12. The van der Waals surface area contributed by atoms with Crippen molar-refractivity contribution in [1.82, 2.24) is 15.2 Å². The number of H-pyrrole nitrogens is 1. The fourth-order valence-electron chi connectivity index (χ4n) is 6.18. The van der Waals surface area contributed by atoms with Crippen LogP contribution in [-0.2, 0) is 11.2 Å². The molecule has 6 rings (SSSR count). The smallest absolute Gasteiger partial charge is 0.352 e. The van der Waals surface area contributed by atoms with Gasteiger partial charge in [-0.15, -0.1) is 0 Å². The number of para-hydroxylation sites is 1. The fraction of sp³-hybridized carbons (Fsp3) is 0.297. The fourth-order valence-corrected chi connectivity index (χ4v) is 6.18. The van der Waals surface area contributed by atoms with E-state index in [1.165, 1.54) is 0 Å². The summed E-state index contributed by atoms with van der Waals surface area (Å²) in [4.78, 5) is 31.0. The molecule has 0 atom stereocenters. The van der Waals surface area contributed by atoms with E-state index >= 15 is 0 Å². The van der Waals surface area contributed by atoms with E-state index in [1.54, 1.807) is 0 Å². The molecule has 0 unspecified atom stereocenters. The molecular weight excluding hydrogens is 566 g/mol. The highest BCUT2D eigenvalue weighted by Crippen LogP contribution is 2.35. The van der Waals surface area contributed by atoms with Gasteiger partial charge < -0.3 is 24.9 Å². The Balaban J connectivity index is 1.17. The molecule has 8 heteroatoms. The van der Waals surface area contributed by atoms with Crippen LogP contribution in [0.4, 0.5) is 0 Å². The second-order valence-electron chi connectivity index (χ2n) is 11.5. The summed E-state index contributed by atoms with van der Waals surface area (Å²) in [6.45, 7) is 7.40. The van der Waals surface area contributed by atoms with Gasteiger partial charge in [-0.25, -0.2) is 4.79 Å². The summed E-state index contributed by atoms with van der Waals surface area (Å²) in [5.74, 6) is -0.289. The van der Waals surface area contributed by atoms with E-state index in [0.29, 0.717) is 31.6 Å². The Morgan fingerprint density at radius 1 is 0.933 bits per heavy atom. The number of aromatic amines is 1. The lowest BCUT2D eigenvalue weighted by atomic mass is 9.95. The van der Waals surface area contributed by atoms with Crippen LogP contribution in [0.15, 0.2) is 78.9 Å². The molecule has 0 radical (unpaired) electrons. The first-order valence-electron chi connectivity index (χ1n) is 15.7. The largest absolute Gasteiger partial charge is 0.493 e. The monoisotopic (exact) mass is 605 g/mol. The van der Waals surface area contributed by atoms with E-state index in [2.05, 4.69) is 27.3 Å². The van der Waals surface area contributed by atoms with Crippen molar-refractivity contribution in [3.63, 3.8) is 0 Å². The van der Waals surface area contributed by atoms with Crippen LogP contribution in [0.25, 0.3) is 32.8 Å². The van der Waals surface area contributed by atoms with Crippen molar-refractivity contribution < 1.29 is 24.2 Å². The van der Waals surface area contributed by atoms with Crippen LogP contribution in [0.1, 0.15) is 44.8 Å². The Morgan fingerprint density at radius 3 is 2.56 bits per heavy atom. The van der Waals surface area contributed by atoms with Gasteiger partial charge in [0.15, 0.2) is 0 Å². The van der Waals surface area contributed by atoms with Crippen molar-refractivity contribution in [3.05, 3.63) is 101 Å². The minimum absolute atomic E-state index is 0.116. The zero-order valence-electron chi connectivity index (χ0n) is 25.6. The van der Waals surface area contributed by atoms with Crippen LogP contribution in [-0.4, -0.2) is 72.9 Å². The van der Waals surface area contributed by atoms with Gasteiger partial charge in [-0.1, -0.05) is 60.7 Å². The minimum Gasteiger partial charge on any atom is -0.493 e. The molecule has 4 aromatic carbocycles. The first-order chi connectivity index (χ1) is 22.0. The summed E-state index contributed by atoms with van der Waals surface area (Å²) < 4.78 is 11.5. The van der Waals surface area contributed by atoms with Crippen LogP contribution in [0.2, 0.25) is 0 Å². The number of aromatic nitrogens is 1. The first kappa shape index (κ1) is 30.4. The number of nitrogens with zero attached hydrogens (tertiary/aromatic N) is 1. The number of carboxylic acids is 1. The number of fused-ring (bicyclic) bond motifs is 2. The number of rotatable bonds is 12. The van der Waals surface area contributed by atoms with Gasteiger partial charge in [-0.05, 0) is 73.0 Å². The summed E-state index contributed by atoms with van der Waals surface area (Å²) in [6, 6.07) is 25.7. The molecule has 8 nitrogen and oxygen atoms in total. The van der Waals surface area contributed by atoms with Crippen molar-refractivity contribution in [3.8, 4) is 16.9 Å². The van der Waals surface area contributed by atoms with Crippen LogP contribution < -0.4 is 10.1 Å². The summed E-state index contributed by atoms with van der Waals surface area (Å²) in [6.07, 6.45) is 2.07. The molecular formula is C37H39N3O5. The normalized spacial score (nSPS) is 13.7. The minimum atomic E-state index is -0.996. The van der Waals surface area contributed by atoms with E-state index in [9.17, 15) is 14.7 Å². The predicted molar refractivity (Wildman–Crippen MR) is 177 cm³/mol. The zero-order chi connectivity index (χ0) is 31.2. The standard InChI is InChI=1S/C37H39N3O5/c1-25-15-16-27(36(41)38-17-7-18-40-19-22-44-23-20-40)24-32(25)31-12-5-11-29-30(35(37(42)43)39-34(29)31)13-6-21-45-33-14-4-9-26-8-2-3-10-28(26)33/h2-5,8-12,14-16,24,39H,6-7,13,17-23H2,1H3,(H,38,41)(H,42,43). The molecule has 1 amide bonds. The second kappa shape index (κ2) is 14.0. The molecule has 0 spiro atoms. The molecule has 1 aromatic heterocycles. The quantitative estimate of drug-likeness (QED) is 0.141. The highest BCUT2D eigenvalue weighted by Gasteiger charge is 2.20. The Morgan fingerprint density at radius 2 is 1.71 bits per heavy atom. The van der Waals surface area contributed by atoms with Gasteiger partial charge in [0, 0.05) is 41.5 Å².